The third-order valence-electron chi connectivity index (χ3n) is 2.27. The van der Waals surface area contributed by atoms with Crippen molar-refractivity contribution in [1.82, 2.24) is 4.90 Å². The van der Waals surface area contributed by atoms with Gasteiger partial charge in [-0.3, -0.25) is 15.4 Å². The molecule has 17 heavy (non-hydrogen) atoms. The van der Waals surface area contributed by atoms with Crippen molar-refractivity contribution in [3.05, 3.63) is 28.3 Å². The van der Waals surface area contributed by atoms with Crippen molar-refractivity contribution in [2.75, 3.05) is 18.9 Å². The summed E-state index contributed by atoms with van der Waals surface area (Å²) in [5, 5.41) is 22.5. The maximum absolute atomic E-state index is 11.6. The summed E-state index contributed by atoms with van der Waals surface area (Å²) in [5.74, 6) is -0.336. The first-order chi connectivity index (χ1) is 7.97. The molecule has 0 aliphatic carbocycles. The number of aromatic hydroxyl groups is 1. The molecule has 92 valence electrons. The van der Waals surface area contributed by atoms with Crippen molar-refractivity contribution in [3.8, 4) is 5.75 Å². The Morgan fingerprint density at radius 1 is 1.59 bits per heavy atom. The molecule has 0 aliphatic heterocycles. The molecule has 7 heteroatoms. The Kier molecular flexibility index (Phi) is 3.86. The normalized spacial score (nSPS) is 9.76. The van der Waals surface area contributed by atoms with E-state index in [0.717, 1.165) is 0 Å². The van der Waals surface area contributed by atoms with Crippen molar-refractivity contribution < 1.29 is 14.8 Å². The Labute approximate surface area is 97.8 Å². The molecule has 0 saturated heterocycles. The molecule has 2 amide bonds. The molecule has 0 aliphatic rings. The maximum atomic E-state index is 11.6. The van der Waals surface area contributed by atoms with Crippen LogP contribution in [0.15, 0.2) is 18.2 Å². The first kappa shape index (κ1) is 12.8. The smallest absolute Gasteiger partial charge is 0.321 e. The number of benzene rings is 1. The molecule has 0 spiro atoms. The van der Waals surface area contributed by atoms with E-state index in [2.05, 4.69) is 5.32 Å². The Morgan fingerprint density at radius 3 is 2.76 bits per heavy atom. The monoisotopic (exact) mass is 239 g/mol. The summed E-state index contributed by atoms with van der Waals surface area (Å²) in [4.78, 5) is 22.9. The van der Waals surface area contributed by atoms with Crippen molar-refractivity contribution in [3.63, 3.8) is 0 Å². The fourth-order valence-corrected chi connectivity index (χ4v) is 1.15. The molecule has 0 radical (unpaired) electrons. The van der Waals surface area contributed by atoms with Crippen molar-refractivity contribution >= 4 is 17.4 Å². The van der Waals surface area contributed by atoms with Crippen LogP contribution in [0.4, 0.5) is 16.2 Å². The number of nitrogens with one attached hydrogen (secondary N) is 1. The van der Waals surface area contributed by atoms with Crippen LogP contribution in [0, 0.1) is 10.1 Å². The topological polar surface area (TPSA) is 95.7 Å². The highest BCUT2D eigenvalue weighted by Gasteiger charge is 2.20. The molecule has 0 atom stereocenters. The average Bonchev–Trinajstić information content (AvgIpc) is 2.30. The molecule has 0 unspecified atom stereocenters. The van der Waals surface area contributed by atoms with E-state index in [-0.39, 0.29) is 17.1 Å². The first-order valence-electron chi connectivity index (χ1n) is 4.95. The molecule has 0 aromatic heterocycles. The number of para-hydroxylation sites is 1. The van der Waals surface area contributed by atoms with E-state index in [1.54, 1.807) is 14.0 Å². The van der Waals surface area contributed by atoms with Gasteiger partial charge in [0.15, 0.2) is 5.69 Å². The molecular weight excluding hydrogens is 226 g/mol. The lowest BCUT2D eigenvalue weighted by Gasteiger charge is -2.15. The largest absolute Gasteiger partial charge is 0.505 e. The lowest BCUT2D eigenvalue weighted by Crippen LogP contribution is -2.31. The lowest BCUT2D eigenvalue weighted by molar-refractivity contribution is -0.384. The Bertz CT molecular complexity index is 447. The fourth-order valence-electron chi connectivity index (χ4n) is 1.15. The second kappa shape index (κ2) is 5.15. The summed E-state index contributed by atoms with van der Waals surface area (Å²) < 4.78 is 0. The summed E-state index contributed by atoms with van der Waals surface area (Å²) in [6.07, 6.45) is 0. The van der Waals surface area contributed by atoms with Crippen LogP contribution in [-0.2, 0) is 0 Å². The summed E-state index contributed by atoms with van der Waals surface area (Å²) in [6, 6.07) is 3.31. The minimum absolute atomic E-state index is 0.192. The van der Waals surface area contributed by atoms with Crippen molar-refractivity contribution in [1.29, 1.82) is 0 Å². The van der Waals surface area contributed by atoms with Gasteiger partial charge in [0.1, 0.15) is 5.75 Å². The molecule has 1 rings (SSSR count). The number of anilines is 1. The van der Waals surface area contributed by atoms with Crippen LogP contribution < -0.4 is 5.32 Å². The fraction of sp³-hybridized carbons (Fsp3) is 0.300. The van der Waals surface area contributed by atoms with Gasteiger partial charge in [-0.05, 0) is 13.0 Å². The van der Waals surface area contributed by atoms with Gasteiger partial charge >= 0.3 is 6.03 Å². The van der Waals surface area contributed by atoms with Gasteiger partial charge in [-0.2, -0.15) is 0 Å². The number of phenolic OH excluding ortho intramolecular Hbond substituents is 1. The quantitative estimate of drug-likeness (QED) is 0.477. The first-order valence-corrected chi connectivity index (χ1v) is 4.95. The van der Waals surface area contributed by atoms with E-state index < -0.39 is 11.0 Å². The van der Waals surface area contributed by atoms with E-state index in [1.807, 2.05) is 0 Å². The van der Waals surface area contributed by atoms with E-state index in [1.165, 1.54) is 23.1 Å². The van der Waals surface area contributed by atoms with Gasteiger partial charge in [-0.1, -0.05) is 6.07 Å². The maximum Gasteiger partial charge on any atom is 0.321 e. The second-order valence-corrected chi connectivity index (χ2v) is 3.37. The van der Waals surface area contributed by atoms with E-state index >= 15 is 0 Å². The number of carbonyl (C=O) groups is 1. The number of carbonyl (C=O) groups excluding carboxylic acids is 1. The van der Waals surface area contributed by atoms with Crippen LogP contribution in [0.25, 0.3) is 0 Å². The molecule has 1 aromatic rings. The minimum atomic E-state index is -0.665. The van der Waals surface area contributed by atoms with Gasteiger partial charge in [0.05, 0.1) is 4.92 Å². The average molecular weight is 239 g/mol. The molecule has 7 nitrogen and oxygen atoms in total. The van der Waals surface area contributed by atoms with Gasteiger partial charge in [-0.15, -0.1) is 0 Å². The predicted octanol–water partition coefficient (Wildman–Crippen LogP) is 1.78. The second-order valence-electron chi connectivity index (χ2n) is 3.37. The zero-order chi connectivity index (χ0) is 13.0. The number of amides is 2. The van der Waals surface area contributed by atoms with Gasteiger partial charge in [0.2, 0.25) is 0 Å². The van der Waals surface area contributed by atoms with Gasteiger partial charge in [0, 0.05) is 19.7 Å². The molecule has 0 bridgehead atoms. The molecule has 1 aromatic carbocycles. The summed E-state index contributed by atoms with van der Waals surface area (Å²) >= 11 is 0. The van der Waals surface area contributed by atoms with E-state index in [0.29, 0.717) is 6.54 Å². The number of nitro benzene ring substituents is 1. The highest BCUT2D eigenvalue weighted by molar-refractivity contribution is 5.93. The van der Waals surface area contributed by atoms with Crippen molar-refractivity contribution in [2.45, 2.75) is 6.92 Å². The number of rotatable bonds is 3. The van der Waals surface area contributed by atoms with Gasteiger partial charge in [-0.25, -0.2) is 4.79 Å². The zero-order valence-electron chi connectivity index (χ0n) is 9.51. The predicted molar refractivity (Wildman–Crippen MR) is 62.1 cm³/mol. The summed E-state index contributed by atoms with van der Waals surface area (Å²) in [5.41, 5.74) is -0.536. The molecule has 0 fully saturated rings. The highest BCUT2D eigenvalue weighted by Crippen LogP contribution is 2.33. The van der Waals surface area contributed by atoms with Gasteiger partial charge < -0.3 is 10.0 Å². The van der Waals surface area contributed by atoms with Crippen LogP contribution >= 0.6 is 0 Å². The Morgan fingerprint density at radius 2 is 2.24 bits per heavy atom. The van der Waals surface area contributed by atoms with E-state index in [4.69, 9.17) is 0 Å². The lowest BCUT2D eigenvalue weighted by atomic mass is 10.2. The number of hydrogen-bond donors (Lipinski definition) is 2. The summed E-state index contributed by atoms with van der Waals surface area (Å²) in [7, 11) is 1.54. The molecule has 0 heterocycles. The zero-order valence-corrected chi connectivity index (χ0v) is 9.51. The SMILES string of the molecule is CCN(C)C(=O)Nc1c(O)cccc1[N+](=O)[O-]. The molecule has 0 saturated carbocycles. The number of nitrogens with zero attached hydrogens (tertiary/aromatic N) is 2. The standard InChI is InChI=1S/C10H13N3O4/c1-3-12(2)10(15)11-9-7(13(16)17)5-4-6-8(9)14/h4-6,14H,3H2,1-2H3,(H,11,15). The highest BCUT2D eigenvalue weighted by atomic mass is 16.6. The van der Waals surface area contributed by atoms with Gasteiger partial charge in [0.25, 0.3) is 5.69 Å². The Hall–Kier alpha value is -2.31. The van der Waals surface area contributed by atoms with Crippen LogP contribution in [0.2, 0.25) is 0 Å². The Balaban J connectivity index is 3.05. The third kappa shape index (κ3) is 2.83. The number of urea groups is 1. The van der Waals surface area contributed by atoms with Crippen LogP contribution in [0.5, 0.6) is 5.75 Å². The molecule has 2 N–H and O–H groups in total. The number of nitro groups is 1. The minimum Gasteiger partial charge on any atom is -0.505 e. The summed E-state index contributed by atoms with van der Waals surface area (Å²) in [6.45, 7) is 2.21. The number of hydrogen-bond acceptors (Lipinski definition) is 4. The van der Waals surface area contributed by atoms with Crippen LogP contribution in [0.1, 0.15) is 6.92 Å². The van der Waals surface area contributed by atoms with Crippen molar-refractivity contribution in [2.24, 2.45) is 0 Å². The number of phenols is 1. The van der Waals surface area contributed by atoms with Crippen LogP contribution in [0.3, 0.4) is 0 Å². The third-order valence-corrected chi connectivity index (χ3v) is 2.27. The van der Waals surface area contributed by atoms with Crippen LogP contribution in [-0.4, -0.2) is 34.6 Å². The molecular formula is C10H13N3O4. The van der Waals surface area contributed by atoms with E-state index in [9.17, 15) is 20.0 Å².